The summed E-state index contributed by atoms with van der Waals surface area (Å²) in [6.45, 7) is 10.1. The van der Waals surface area contributed by atoms with Crippen LogP contribution in [0.15, 0.2) is 47.0 Å². The molecular weight excluding hydrogens is 477 g/mol. The molecule has 0 fully saturated rings. The molecule has 6 nitrogen and oxygen atoms in total. The number of para-hydroxylation sites is 1. The third kappa shape index (κ3) is 6.85. The SMILES string of the molecule is CCNC(=NCc1ccccc1-n1nc(C)cc1C)NCCC1=CCOCC1.I. The summed E-state index contributed by atoms with van der Waals surface area (Å²) < 4.78 is 7.37. The van der Waals surface area contributed by atoms with Gasteiger partial charge >= 0.3 is 0 Å². The number of rotatable bonds is 7. The standard InChI is InChI=1S/C22H31N5O.HI/c1-4-23-22(24-12-9-19-10-13-28-14-11-19)25-16-20-7-5-6-8-21(20)27-18(3)15-17(2)26-27;/h5-8,10,15H,4,9,11-14,16H2,1-3H3,(H2,23,24,25);1H. The van der Waals surface area contributed by atoms with Crippen molar-refractivity contribution in [3.05, 3.63) is 58.9 Å². The first kappa shape index (κ1) is 23.4. The number of halogens is 1. The van der Waals surface area contributed by atoms with Crippen molar-refractivity contribution >= 4 is 29.9 Å². The number of hydrogen-bond donors (Lipinski definition) is 2. The van der Waals surface area contributed by atoms with Crippen molar-refractivity contribution in [3.63, 3.8) is 0 Å². The zero-order chi connectivity index (χ0) is 19.8. The molecule has 1 aromatic carbocycles. The van der Waals surface area contributed by atoms with Crippen LogP contribution < -0.4 is 10.6 Å². The molecule has 29 heavy (non-hydrogen) atoms. The van der Waals surface area contributed by atoms with Crippen molar-refractivity contribution in [3.8, 4) is 5.69 Å². The van der Waals surface area contributed by atoms with E-state index in [2.05, 4.69) is 59.9 Å². The van der Waals surface area contributed by atoms with E-state index in [9.17, 15) is 0 Å². The third-order valence-electron chi connectivity index (χ3n) is 4.78. The summed E-state index contributed by atoms with van der Waals surface area (Å²) in [7, 11) is 0. The lowest BCUT2D eigenvalue weighted by Gasteiger charge is -2.16. The first-order chi connectivity index (χ1) is 13.7. The minimum atomic E-state index is 0. The Bertz CT molecular complexity index is 843. The van der Waals surface area contributed by atoms with E-state index in [1.807, 2.05) is 17.7 Å². The summed E-state index contributed by atoms with van der Waals surface area (Å²) in [5.74, 6) is 0.846. The Kier molecular flexibility index (Phi) is 9.66. The second-order valence-corrected chi connectivity index (χ2v) is 7.03. The van der Waals surface area contributed by atoms with Crippen molar-refractivity contribution in [1.82, 2.24) is 20.4 Å². The highest BCUT2D eigenvalue weighted by Gasteiger charge is 2.09. The Morgan fingerprint density at radius 2 is 2.07 bits per heavy atom. The summed E-state index contributed by atoms with van der Waals surface area (Å²) in [6, 6.07) is 10.4. The van der Waals surface area contributed by atoms with Crippen LogP contribution in [0.4, 0.5) is 0 Å². The summed E-state index contributed by atoms with van der Waals surface area (Å²) in [4.78, 5) is 4.80. The molecule has 0 radical (unpaired) electrons. The van der Waals surface area contributed by atoms with Gasteiger partial charge < -0.3 is 15.4 Å². The number of nitrogens with zero attached hydrogens (tertiary/aromatic N) is 3. The Hall–Kier alpha value is -1.87. The van der Waals surface area contributed by atoms with Gasteiger partial charge in [-0.15, -0.1) is 24.0 Å². The van der Waals surface area contributed by atoms with E-state index in [-0.39, 0.29) is 24.0 Å². The largest absolute Gasteiger partial charge is 0.377 e. The van der Waals surface area contributed by atoms with Gasteiger partial charge in [0, 0.05) is 18.8 Å². The minimum absolute atomic E-state index is 0. The van der Waals surface area contributed by atoms with Crippen LogP contribution in [0.5, 0.6) is 0 Å². The number of aromatic nitrogens is 2. The van der Waals surface area contributed by atoms with Crippen molar-refractivity contribution in [2.75, 3.05) is 26.3 Å². The lowest BCUT2D eigenvalue weighted by atomic mass is 10.1. The van der Waals surface area contributed by atoms with Crippen molar-refractivity contribution in [2.45, 2.75) is 40.2 Å². The predicted molar refractivity (Wildman–Crippen MR) is 129 cm³/mol. The van der Waals surface area contributed by atoms with Gasteiger partial charge in [-0.25, -0.2) is 9.67 Å². The van der Waals surface area contributed by atoms with Gasteiger partial charge in [-0.2, -0.15) is 5.10 Å². The molecule has 0 spiro atoms. The molecule has 7 heteroatoms. The van der Waals surface area contributed by atoms with E-state index >= 15 is 0 Å². The fourth-order valence-electron chi connectivity index (χ4n) is 3.36. The molecule has 2 N–H and O–H groups in total. The highest BCUT2D eigenvalue weighted by atomic mass is 127. The molecule has 0 saturated heterocycles. The van der Waals surface area contributed by atoms with E-state index in [4.69, 9.17) is 9.73 Å². The fraction of sp³-hybridized carbons (Fsp3) is 0.455. The number of aliphatic imine (C=N–C) groups is 1. The van der Waals surface area contributed by atoms with Gasteiger partial charge in [-0.1, -0.05) is 29.8 Å². The van der Waals surface area contributed by atoms with Crippen molar-refractivity contribution in [2.24, 2.45) is 4.99 Å². The molecule has 2 aromatic rings. The van der Waals surface area contributed by atoms with Gasteiger partial charge in [0.05, 0.1) is 31.1 Å². The molecule has 3 rings (SSSR count). The number of nitrogens with one attached hydrogen (secondary N) is 2. The van der Waals surface area contributed by atoms with Gasteiger partial charge in [-0.3, -0.25) is 0 Å². The fourth-order valence-corrected chi connectivity index (χ4v) is 3.36. The number of benzene rings is 1. The molecule has 1 aliphatic heterocycles. The first-order valence-corrected chi connectivity index (χ1v) is 10.1. The van der Waals surface area contributed by atoms with Crippen LogP contribution in [0.25, 0.3) is 5.69 Å². The van der Waals surface area contributed by atoms with Crippen LogP contribution in [0.1, 0.15) is 36.7 Å². The maximum absolute atomic E-state index is 5.37. The molecule has 158 valence electrons. The molecule has 0 bridgehead atoms. The van der Waals surface area contributed by atoms with Gasteiger partial charge in [-0.05, 0) is 51.3 Å². The molecule has 0 saturated carbocycles. The Morgan fingerprint density at radius 1 is 1.24 bits per heavy atom. The molecule has 1 aliphatic rings. The van der Waals surface area contributed by atoms with Crippen LogP contribution in [-0.2, 0) is 11.3 Å². The quantitative estimate of drug-likeness (QED) is 0.257. The van der Waals surface area contributed by atoms with Gasteiger partial charge in [0.25, 0.3) is 0 Å². The van der Waals surface area contributed by atoms with Crippen LogP contribution in [0.2, 0.25) is 0 Å². The molecule has 1 aromatic heterocycles. The first-order valence-electron chi connectivity index (χ1n) is 10.1. The second kappa shape index (κ2) is 12.0. The van der Waals surface area contributed by atoms with Crippen LogP contribution in [0.3, 0.4) is 0 Å². The van der Waals surface area contributed by atoms with Crippen molar-refractivity contribution in [1.29, 1.82) is 0 Å². The lowest BCUT2D eigenvalue weighted by molar-refractivity contribution is 0.153. The highest BCUT2D eigenvalue weighted by molar-refractivity contribution is 14.0. The van der Waals surface area contributed by atoms with Gasteiger partial charge in [0.15, 0.2) is 5.96 Å². The zero-order valence-corrected chi connectivity index (χ0v) is 19.9. The van der Waals surface area contributed by atoms with Gasteiger partial charge in [0.2, 0.25) is 0 Å². The average Bonchev–Trinajstić information content (AvgIpc) is 3.05. The normalized spacial score (nSPS) is 14.2. The number of hydrogen-bond acceptors (Lipinski definition) is 3. The Morgan fingerprint density at radius 3 is 2.76 bits per heavy atom. The molecule has 0 aliphatic carbocycles. The van der Waals surface area contributed by atoms with Crippen LogP contribution in [-0.4, -0.2) is 42.0 Å². The summed E-state index contributed by atoms with van der Waals surface area (Å²) >= 11 is 0. The van der Waals surface area contributed by atoms with Crippen molar-refractivity contribution < 1.29 is 4.74 Å². The molecular formula is C22H32IN5O. The smallest absolute Gasteiger partial charge is 0.191 e. The summed E-state index contributed by atoms with van der Waals surface area (Å²) in [5, 5.41) is 11.4. The number of guanidine groups is 1. The summed E-state index contributed by atoms with van der Waals surface area (Å²) in [6.07, 6.45) is 4.25. The number of ether oxygens (including phenoxy) is 1. The molecule has 0 unspecified atom stereocenters. The topological polar surface area (TPSA) is 63.5 Å². The van der Waals surface area contributed by atoms with Gasteiger partial charge in [0.1, 0.15) is 0 Å². The Labute approximate surface area is 190 Å². The lowest BCUT2D eigenvalue weighted by Crippen LogP contribution is -2.38. The highest BCUT2D eigenvalue weighted by Crippen LogP contribution is 2.18. The van der Waals surface area contributed by atoms with E-state index in [1.165, 1.54) is 5.57 Å². The maximum Gasteiger partial charge on any atom is 0.191 e. The Balaban J connectivity index is 0.00000300. The third-order valence-corrected chi connectivity index (χ3v) is 4.78. The van der Waals surface area contributed by atoms with E-state index in [0.717, 1.165) is 67.7 Å². The van der Waals surface area contributed by atoms with E-state index in [0.29, 0.717) is 6.54 Å². The zero-order valence-electron chi connectivity index (χ0n) is 17.6. The molecule has 0 atom stereocenters. The minimum Gasteiger partial charge on any atom is -0.377 e. The number of aryl methyl sites for hydroxylation is 2. The van der Waals surface area contributed by atoms with Crippen LogP contribution >= 0.6 is 24.0 Å². The van der Waals surface area contributed by atoms with E-state index in [1.54, 1.807) is 0 Å². The van der Waals surface area contributed by atoms with E-state index < -0.39 is 0 Å². The average molecular weight is 509 g/mol. The second-order valence-electron chi connectivity index (χ2n) is 7.03. The van der Waals surface area contributed by atoms with Crippen LogP contribution in [0, 0.1) is 13.8 Å². The monoisotopic (exact) mass is 509 g/mol. The predicted octanol–water partition coefficient (Wildman–Crippen LogP) is 3.90. The summed E-state index contributed by atoms with van der Waals surface area (Å²) in [5.41, 5.74) is 5.85. The maximum atomic E-state index is 5.37. The molecule has 2 heterocycles. The molecule has 0 amide bonds.